The number of rotatable bonds is 3. The summed E-state index contributed by atoms with van der Waals surface area (Å²) in [5, 5.41) is 9.82. The van der Waals surface area contributed by atoms with E-state index >= 15 is 0 Å². The van der Waals surface area contributed by atoms with Crippen molar-refractivity contribution in [3.8, 4) is 11.8 Å². The molecule has 0 radical (unpaired) electrons. The van der Waals surface area contributed by atoms with Crippen LogP contribution in [0.1, 0.15) is 5.56 Å². The average molecular weight is 243 g/mol. The molecular weight excluding hydrogens is 234 g/mol. The van der Waals surface area contributed by atoms with Crippen LogP contribution in [0.2, 0.25) is 0 Å². The first-order valence-electron chi connectivity index (χ1n) is 4.85. The van der Waals surface area contributed by atoms with Gasteiger partial charge in [0.05, 0.1) is 12.7 Å². The van der Waals surface area contributed by atoms with Gasteiger partial charge in [-0.2, -0.15) is 5.26 Å². The van der Waals surface area contributed by atoms with Crippen LogP contribution in [0.3, 0.4) is 0 Å². The number of aromatic nitrogens is 2. The summed E-state index contributed by atoms with van der Waals surface area (Å²) >= 11 is 1.41. The lowest BCUT2D eigenvalue weighted by atomic mass is 10.2. The van der Waals surface area contributed by atoms with Crippen molar-refractivity contribution in [3.63, 3.8) is 0 Å². The maximum absolute atomic E-state index is 9.02. The van der Waals surface area contributed by atoms with Crippen LogP contribution in [-0.4, -0.2) is 17.1 Å². The van der Waals surface area contributed by atoms with Crippen molar-refractivity contribution in [2.24, 2.45) is 0 Å². The van der Waals surface area contributed by atoms with Crippen molar-refractivity contribution in [1.29, 1.82) is 5.26 Å². The van der Waals surface area contributed by atoms with E-state index in [0.29, 0.717) is 5.56 Å². The van der Waals surface area contributed by atoms with Crippen LogP contribution in [0.5, 0.6) is 5.75 Å². The molecule has 0 spiro atoms. The molecule has 0 bridgehead atoms. The second kappa shape index (κ2) is 5.32. The zero-order valence-electron chi connectivity index (χ0n) is 9.12. The van der Waals surface area contributed by atoms with Gasteiger partial charge in [0.1, 0.15) is 23.2 Å². The van der Waals surface area contributed by atoms with E-state index in [0.717, 1.165) is 15.7 Å². The van der Waals surface area contributed by atoms with Crippen LogP contribution in [-0.2, 0) is 0 Å². The largest absolute Gasteiger partial charge is 0.497 e. The summed E-state index contributed by atoms with van der Waals surface area (Å²) < 4.78 is 5.14. The minimum Gasteiger partial charge on any atom is -0.497 e. The zero-order chi connectivity index (χ0) is 12.1. The molecule has 0 aliphatic carbocycles. The second-order valence-electron chi connectivity index (χ2n) is 3.12. The van der Waals surface area contributed by atoms with Gasteiger partial charge in [0, 0.05) is 11.1 Å². The first kappa shape index (κ1) is 11.4. The fraction of sp³-hybridized carbons (Fsp3) is 0.0833. The third kappa shape index (κ3) is 2.74. The summed E-state index contributed by atoms with van der Waals surface area (Å²) in [5.74, 6) is 0.723. The van der Waals surface area contributed by atoms with Crippen molar-refractivity contribution < 1.29 is 4.74 Å². The number of nitrogens with zero attached hydrogens (tertiary/aromatic N) is 3. The molecule has 2 rings (SSSR count). The third-order valence-corrected chi connectivity index (χ3v) is 3.09. The van der Waals surface area contributed by atoms with Crippen molar-refractivity contribution in [2.75, 3.05) is 7.11 Å². The van der Waals surface area contributed by atoms with Gasteiger partial charge in [0.2, 0.25) is 0 Å². The first-order chi connectivity index (χ1) is 8.33. The highest BCUT2D eigenvalue weighted by Gasteiger charge is 2.06. The molecule has 1 heterocycles. The maximum atomic E-state index is 9.02. The molecule has 0 aliphatic rings. The molecule has 0 aliphatic heterocycles. The van der Waals surface area contributed by atoms with E-state index in [1.165, 1.54) is 18.1 Å². The van der Waals surface area contributed by atoms with Gasteiger partial charge in [-0.05, 0) is 24.3 Å². The lowest BCUT2D eigenvalue weighted by molar-refractivity contribution is 0.413. The molecule has 0 N–H and O–H groups in total. The van der Waals surface area contributed by atoms with Crippen molar-refractivity contribution in [3.05, 3.63) is 42.4 Å². The Bertz CT molecular complexity index is 551. The fourth-order valence-corrected chi connectivity index (χ4v) is 2.11. The van der Waals surface area contributed by atoms with Crippen LogP contribution in [0.4, 0.5) is 0 Å². The molecule has 5 heteroatoms. The van der Waals surface area contributed by atoms with E-state index in [4.69, 9.17) is 10.00 Å². The Kier molecular flexibility index (Phi) is 3.58. The Hall–Kier alpha value is -2.06. The molecular formula is C12H9N3OS. The molecule has 2 aromatic rings. The third-order valence-electron chi connectivity index (χ3n) is 2.08. The highest BCUT2D eigenvalue weighted by Crippen LogP contribution is 2.31. The van der Waals surface area contributed by atoms with Crippen LogP contribution in [0, 0.1) is 11.3 Å². The average Bonchev–Trinajstić information content (AvgIpc) is 2.40. The summed E-state index contributed by atoms with van der Waals surface area (Å²) in [7, 11) is 1.60. The summed E-state index contributed by atoms with van der Waals surface area (Å²) in [4.78, 5) is 8.78. The Morgan fingerprint density at radius 1 is 1.35 bits per heavy atom. The molecule has 0 unspecified atom stereocenters. The Morgan fingerprint density at radius 2 is 2.24 bits per heavy atom. The smallest absolute Gasteiger partial charge is 0.120 e. The second-order valence-corrected chi connectivity index (χ2v) is 4.19. The summed E-state index contributed by atoms with van der Waals surface area (Å²) in [6, 6.07) is 9.27. The van der Waals surface area contributed by atoms with Crippen LogP contribution >= 0.6 is 11.8 Å². The minimum absolute atomic E-state index is 0.606. The van der Waals surface area contributed by atoms with Crippen molar-refractivity contribution in [2.45, 2.75) is 9.92 Å². The van der Waals surface area contributed by atoms with Crippen molar-refractivity contribution >= 4 is 11.8 Å². The van der Waals surface area contributed by atoms with Gasteiger partial charge in [0.25, 0.3) is 0 Å². The quantitative estimate of drug-likeness (QED) is 0.775. The van der Waals surface area contributed by atoms with Crippen LogP contribution in [0.25, 0.3) is 0 Å². The lowest BCUT2D eigenvalue weighted by Gasteiger charge is -2.05. The van der Waals surface area contributed by atoms with E-state index < -0.39 is 0 Å². The molecule has 1 aromatic carbocycles. The molecule has 0 amide bonds. The molecule has 0 saturated heterocycles. The summed E-state index contributed by atoms with van der Waals surface area (Å²) in [6.45, 7) is 0. The molecule has 17 heavy (non-hydrogen) atoms. The molecule has 0 saturated carbocycles. The Labute approximate surface area is 103 Å². The lowest BCUT2D eigenvalue weighted by Crippen LogP contribution is -1.87. The summed E-state index contributed by atoms with van der Waals surface area (Å²) in [6.07, 6.45) is 3.15. The van der Waals surface area contributed by atoms with Gasteiger partial charge < -0.3 is 4.74 Å². The number of nitriles is 1. The minimum atomic E-state index is 0.606. The molecule has 84 valence electrons. The molecule has 1 aromatic heterocycles. The van der Waals surface area contributed by atoms with Gasteiger partial charge in [-0.3, -0.25) is 0 Å². The normalized spacial score (nSPS) is 9.65. The Morgan fingerprint density at radius 3 is 2.88 bits per heavy atom. The van der Waals surface area contributed by atoms with E-state index in [2.05, 4.69) is 16.0 Å². The number of hydrogen-bond donors (Lipinski definition) is 0. The zero-order valence-corrected chi connectivity index (χ0v) is 9.94. The number of ether oxygens (including phenoxy) is 1. The highest BCUT2D eigenvalue weighted by atomic mass is 32.2. The number of methoxy groups -OCH3 is 1. The van der Waals surface area contributed by atoms with E-state index in [9.17, 15) is 0 Å². The van der Waals surface area contributed by atoms with Crippen molar-refractivity contribution in [1.82, 2.24) is 9.97 Å². The first-order valence-corrected chi connectivity index (χ1v) is 5.67. The van der Waals surface area contributed by atoms with Gasteiger partial charge in [-0.1, -0.05) is 11.8 Å². The predicted molar refractivity (Wildman–Crippen MR) is 63.9 cm³/mol. The standard InChI is InChI=1S/C12H9N3OS/c1-16-10-3-2-9(7-13)11(6-10)17-12-4-5-14-8-15-12/h2-6,8H,1H3. The molecule has 0 atom stereocenters. The van der Waals surface area contributed by atoms with E-state index in [1.807, 2.05) is 6.07 Å². The molecule has 4 nitrogen and oxygen atoms in total. The van der Waals surface area contributed by atoms with Crippen LogP contribution < -0.4 is 4.74 Å². The maximum Gasteiger partial charge on any atom is 0.120 e. The fourth-order valence-electron chi connectivity index (χ4n) is 1.26. The van der Waals surface area contributed by atoms with Gasteiger partial charge in [-0.25, -0.2) is 9.97 Å². The predicted octanol–water partition coefficient (Wildman–Crippen LogP) is 2.51. The number of hydrogen-bond acceptors (Lipinski definition) is 5. The van der Waals surface area contributed by atoms with E-state index in [-0.39, 0.29) is 0 Å². The SMILES string of the molecule is COc1ccc(C#N)c(Sc2ccncn2)c1. The van der Waals surface area contributed by atoms with Gasteiger partial charge in [0.15, 0.2) is 0 Å². The van der Waals surface area contributed by atoms with Crippen LogP contribution in [0.15, 0.2) is 46.7 Å². The van der Waals surface area contributed by atoms with Gasteiger partial charge >= 0.3 is 0 Å². The molecule has 0 fully saturated rings. The van der Waals surface area contributed by atoms with E-state index in [1.54, 1.807) is 31.5 Å². The Balaban J connectivity index is 2.34. The topological polar surface area (TPSA) is 58.8 Å². The van der Waals surface area contributed by atoms with Gasteiger partial charge in [-0.15, -0.1) is 0 Å². The highest BCUT2D eigenvalue weighted by molar-refractivity contribution is 7.99. The summed E-state index contributed by atoms with van der Waals surface area (Å²) in [5.41, 5.74) is 0.606. The monoisotopic (exact) mass is 243 g/mol. The number of benzene rings is 1.